The van der Waals surface area contributed by atoms with Gasteiger partial charge in [0.1, 0.15) is 5.75 Å². The minimum absolute atomic E-state index is 0.0698. The standard InChI is InChI=1S/C26H25N3O2/c1-16-8-7-9-17(2)25(16)29-18(3)12-22(19(29)4)15-27-28-26(31)23-13-20-10-5-6-11-21(20)14-24(23)30/h5-15,30H,1-4H3,(H,28,31)/b27-15+. The van der Waals surface area contributed by atoms with E-state index in [0.29, 0.717) is 0 Å². The Labute approximate surface area is 181 Å². The minimum Gasteiger partial charge on any atom is -0.507 e. The molecule has 0 aliphatic rings. The van der Waals surface area contributed by atoms with Crippen molar-refractivity contribution in [1.29, 1.82) is 0 Å². The average molecular weight is 412 g/mol. The van der Waals surface area contributed by atoms with Crippen molar-refractivity contribution in [2.24, 2.45) is 5.10 Å². The molecule has 0 saturated carbocycles. The van der Waals surface area contributed by atoms with Gasteiger partial charge in [-0.05, 0) is 67.8 Å². The molecule has 0 aliphatic carbocycles. The zero-order chi connectivity index (χ0) is 22.1. The monoisotopic (exact) mass is 411 g/mol. The van der Waals surface area contributed by atoms with Gasteiger partial charge >= 0.3 is 0 Å². The molecule has 1 aromatic heterocycles. The van der Waals surface area contributed by atoms with Crippen LogP contribution in [0.1, 0.15) is 38.4 Å². The molecule has 0 bridgehead atoms. The number of hydrazone groups is 1. The molecule has 156 valence electrons. The van der Waals surface area contributed by atoms with Gasteiger partial charge in [-0.15, -0.1) is 0 Å². The summed E-state index contributed by atoms with van der Waals surface area (Å²) in [5.41, 5.74) is 9.35. The van der Waals surface area contributed by atoms with Crippen molar-refractivity contribution in [3.05, 3.63) is 94.3 Å². The van der Waals surface area contributed by atoms with Gasteiger partial charge in [0.05, 0.1) is 17.5 Å². The number of benzene rings is 3. The van der Waals surface area contributed by atoms with E-state index >= 15 is 0 Å². The topological polar surface area (TPSA) is 66.6 Å². The molecule has 4 aromatic rings. The highest BCUT2D eigenvalue weighted by Crippen LogP contribution is 2.26. The van der Waals surface area contributed by atoms with E-state index in [-0.39, 0.29) is 11.3 Å². The van der Waals surface area contributed by atoms with Gasteiger partial charge in [-0.2, -0.15) is 5.10 Å². The Morgan fingerprint density at radius 1 is 0.935 bits per heavy atom. The van der Waals surface area contributed by atoms with Crippen LogP contribution in [0.25, 0.3) is 16.5 Å². The van der Waals surface area contributed by atoms with Crippen LogP contribution in [0.4, 0.5) is 0 Å². The number of hydrogen-bond donors (Lipinski definition) is 2. The first-order chi connectivity index (χ1) is 14.9. The summed E-state index contributed by atoms with van der Waals surface area (Å²) < 4.78 is 2.21. The van der Waals surface area contributed by atoms with Crippen molar-refractivity contribution in [3.8, 4) is 11.4 Å². The summed E-state index contributed by atoms with van der Waals surface area (Å²) in [6.07, 6.45) is 1.64. The van der Waals surface area contributed by atoms with Gasteiger partial charge in [-0.25, -0.2) is 5.43 Å². The van der Waals surface area contributed by atoms with E-state index in [1.54, 1.807) is 18.3 Å². The van der Waals surface area contributed by atoms with Crippen LogP contribution >= 0.6 is 0 Å². The number of rotatable bonds is 4. The van der Waals surface area contributed by atoms with Crippen LogP contribution in [0.5, 0.6) is 5.75 Å². The van der Waals surface area contributed by atoms with E-state index in [2.05, 4.69) is 54.1 Å². The van der Waals surface area contributed by atoms with Gasteiger partial charge in [-0.3, -0.25) is 4.79 Å². The number of carbonyl (C=O) groups excluding carboxylic acids is 1. The van der Waals surface area contributed by atoms with Crippen molar-refractivity contribution >= 4 is 22.9 Å². The lowest BCUT2D eigenvalue weighted by molar-refractivity contribution is 0.0952. The number of amides is 1. The van der Waals surface area contributed by atoms with Crippen molar-refractivity contribution in [3.63, 3.8) is 0 Å². The lowest BCUT2D eigenvalue weighted by Crippen LogP contribution is -2.17. The number of nitrogens with one attached hydrogen (secondary N) is 1. The highest BCUT2D eigenvalue weighted by atomic mass is 16.3. The van der Waals surface area contributed by atoms with E-state index in [4.69, 9.17) is 0 Å². The first kappa shape index (κ1) is 20.4. The van der Waals surface area contributed by atoms with Crippen LogP contribution in [0.3, 0.4) is 0 Å². The normalized spacial score (nSPS) is 11.4. The Kier molecular flexibility index (Phi) is 5.34. The molecular weight excluding hydrogens is 386 g/mol. The Balaban J connectivity index is 1.59. The molecule has 5 nitrogen and oxygen atoms in total. The molecule has 0 radical (unpaired) electrons. The predicted molar refractivity (Wildman–Crippen MR) is 125 cm³/mol. The molecular formula is C26H25N3O2. The van der Waals surface area contributed by atoms with Gasteiger partial charge in [0.15, 0.2) is 0 Å². The maximum absolute atomic E-state index is 12.6. The van der Waals surface area contributed by atoms with Crippen molar-refractivity contribution < 1.29 is 9.90 Å². The van der Waals surface area contributed by atoms with Gasteiger partial charge in [-0.1, -0.05) is 42.5 Å². The maximum atomic E-state index is 12.6. The summed E-state index contributed by atoms with van der Waals surface area (Å²) in [7, 11) is 0. The number of aromatic hydroxyl groups is 1. The fraction of sp³-hybridized carbons (Fsp3) is 0.154. The smallest absolute Gasteiger partial charge is 0.275 e. The number of nitrogens with zero attached hydrogens (tertiary/aromatic N) is 2. The van der Waals surface area contributed by atoms with Gasteiger partial charge in [0.25, 0.3) is 5.91 Å². The number of aryl methyl sites for hydroxylation is 3. The molecule has 2 N–H and O–H groups in total. The number of aromatic nitrogens is 1. The number of hydrogen-bond acceptors (Lipinski definition) is 3. The Bertz CT molecular complexity index is 1310. The molecule has 0 atom stereocenters. The fourth-order valence-electron chi connectivity index (χ4n) is 4.05. The van der Waals surface area contributed by atoms with Gasteiger partial charge in [0.2, 0.25) is 0 Å². The minimum atomic E-state index is -0.456. The largest absolute Gasteiger partial charge is 0.507 e. The molecule has 5 heteroatoms. The molecule has 4 rings (SSSR count). The van der Waals surface area contributed by atoms with E-state index in [9.17, 15) is 9.90 Å². The third-order valence-corrected chi connectivity index (χ3v) is 5.61. The molecule has 0 saturated heterocycles. The van der Waals surface area contributed by atoms with Crippen LogP contribution in [0, 0.1) is 27.7 Å². The molecule has 0 aliphatic heterocycles. The second kappa shape index (κ2) is 8.11. The summed E-state index contributed by atoms with van der Waals surface area (Å²) in [6, 6.07) is 19.1. The van der Waals surface area contributed by atoms with Crippen LogP contribution in [-0.4, -0.2) is 21.8 Å². The van der Waals surface area contributed by atoms with E-state index < -0.39 is 5.91 Å². The number of phenols is 1. The molecule has 31 heavy (non-hydrogen) atoms. The summed E-state index contributed by atoms with van der Waals surface area (Å²) in [4.78, 5) is 12.6. The van der Waals surface area contributed by atoms with Crippen LogP contribution < -0.4 is 5.43 Å². The zero-order valence-corrected chi connectivity index (χ0v) is 18.1. The van der Waals surface area contributed by atoms with E-state index in [1.807, 2.05) is 37.3 Å². The van der Waals surface area contributed by atoms with Crippen molar-refractivity contribution in [2.45, 2.75) is 27.7 Å². The molecule has 1 amide bonds. The SMILES string of the molecule is Cc1cccc(C)c1-n1c(C)cc(/C=N/NC(=O)c2cc3ccccc3cc2O)c1C. The van der Waals surface area contributed by atoms with Crippen LogP contribution in [-0.2, 0) is 0 Å². The summed E-state index contributed by atoms with van der Waals surface area (Å²) in [5, 5.41) is 16.1. The third-order valence-electron chi connectivity index (χ3n) is 5.61. The zero-order valence-electron chi connectivity index (χ0n) is 18.1. The highest BCUT2D eigenvalue weighted by molar-refractivity contribution is 6.01. The summed E-state index contributed by atoms with van der Waals surface area (Å²) in [5.74, 6) is -0.525. The number of phenolic OH excluding ortho intramolecular Hbond substituents is 1. The van der Waals surface area contributed by atoms with Crippen LogP contribution in [0.2, 0.25) is 0 Å². The molecule has 0 fully saturated rings. The Hall–Kier alpha value is -3.86. The molecule has 0 unspecified atom stereocenters. The molecule has 3 aromatic carbocycles. The second-order valence-electron chi connectivity index (χ2n) is 7.82. The average Bonchev–Trinajstić information content (AvgIpc) is 3.01. The first-order valence-corrected chi connectivity index (χ1v) is 10.2. The van der Waals surface area contributed by atoms with Crippen LogP contribution in [0.15, 0.2) is 65.8 Å². The second-order valence-corrected chi connectivity index (χ2v) is 7.82. The van der Waals surface area contributed by atoms with Crippen molar-refractivity contribution in [2.75, 3.05) is 0 Å². The summed E-state index contributed by atoms with van der Waals surface area (Å²) in [6.45, 7) is 8.30. The summed E-state index contributed by atoms with van der Waals surface area (Å²) >= 11 is 0. The highest BCUT2D eigenvalue weighted by Gasteiger charge is 2.14. The first-order valence-electron chi connectivity index (χ1n) is 10.2. The van der Waals surface area contributed by atoms with Gasteiger partial charge in [0, 0.05) is 17.0 Å². The number of para-hydroxylation sites is 1. The van der Waals surface area contributed by atoms with E-state index in [0.717, 1.165) is 27.7 Å². The maximum Gasteiger partial charge on any atom is 0.275 e. The lowest BCUT2D eigenvalue weighted by atomic mass is 10.1. The predicted octanol–water partition coefficient (Wildman–Crippen LogP) is 5.33. The Morgan fingerprint density at radius 3 is 2.26 bits per heavy atom. The Morgan fingerprint density at radius 2 is 1.58 bits per heavy atom. The lowest BCUT2D eigenvalue weighted by Gasteiger charge is -2.15. The molecule has 0 spiro atoms. The number of carbonyl (C=O) groups is 1. The van der Waals surface area contributed by atoms with E-state index in [1.165, 1.54) is 16.8 Å². The van der Waals surface area contributed by atoms with Crippen molar-refractivity contribution in [1.82, 2.24) is 9.99 Å². The quantitative estimate of drug-likeness (QED) is 0.352. The fourth-order valence-corrected chi connectivity index (χ4v) is 4.05. The third kappa shape index (κ3) is 3.82. The number of fused-ring (bicyclic) bond motifs is 1. The molecule has 1 heterocycles. The van der Waals surface area contributed by atoms with Gasteiger partial charge < -0.3 is 9.67 Å².